The van der Waals surface area contributed by atoms with E-state index in [0.29, 0.717) is 0 Å². The van der Waals surface area contributed by atoms with Crippen LogP contribution in [0.5, 0.6) is 0 Å². The van der Waals surface area contributed by atoms with Crippen molar-refractivity contribution in [1.29, 1.82) is 0 Å². The quantitative estimate of drug-likeness (QED) is 0.326. The van der Waals surface area contributed by atoms with E-state index in [-0.39, 0.29) is 80.4 Å². The monoisotopic (exact) mass is 351 g/mol. The van der Waals surface area contributed by atoms with Crippen molar-refractivity contribution < 1.29 is 69.2 Å². The zero-order valence-corrected chi connectivity index (χ0v) is 16.3. The first-order chi connectivity index (χ1) is 9.20. The number of carboxylic acids is 4. The number of carboxylic acid groups (broad SMARTS) is 4. The van der Waals surface area contributed by atoms with E-state index in [4.69, 9.17) is 0 Å². The third-order valence-electron chi connectivity index (χ3n) is 2.14. The zero-order chi connectivity index (χ0) is 15.7. The van der Waals surface area contributed by atoms with E-state index in [1.165, 1.54) is 0 Å². The third kappa shape index (κ3) is 16.4. The molecule has 12 heteroatoms. The number of hydrogen-bond donors (Lipinski definition) is 0. The van der Waals surface area contributed by atoms with E-state index in [2.05, 4.69) is 0 Å². The predicted molar refractivity (Wildman–Crippen MR) is 58.7 cm³/mol. The molecular formula is C10H12CaN2NaO8-. The molecule has 0 aliphatic rings. The van der Waals surface area contributed by atoms with Gasteiger partial charge in [0.05, 0.1) is 23.9 Å². The largest absolute Gasteiger partial charge is 2.00 e. The van der Waals surface area contributed by atoms with Crippen molar-refractivity contribution in [3.05, 3.63) is 0 Å². The molecule has 0 aliphatic heterocycles. The minimum absolute atomic E-state index is 0. The Morgan fingerprint density at radius 2 is 0.773 bits per heavy atom. The van der Waals surface area contributed by atoms with Crippen LogP contribution in [0.15, 0.2) is 0 Å². The Kier molecular flexibility index (Phi) is 17.9. The Morgan fingerprint density at radius 1 is 0.591 bits per heavy atom. The Morgan fingerprint density at radius 3 is 0.909 bits per heavy atom. The first kappa shape index (κ1) is 26.9. The molecule has 114 valence electrons. The second kappa shape index (κ2) is 14.6. The molecule has 0 unspecified atom stereocenters. The van der Waals surface area contributed by atoms with Gasteiger partial charge in [-0.25, -0.2) is 0 Å². The molecule has 0 amide bonds. The summed E-state index contributed by atoms with van der Waals surface area (Å²) in [6, 6.07) is 0. The standard InChI is InChI=1S/C10H16N2O8.Ca.Na/c13-7(14)3-11(4-8(15)16)1-2-12(5-9(17)18)6-10(19)20;;/h1-6H2,(H,13,14)(H,15,16)(H,17,18)(H,19,20);;/q;+2;+1/p-4. The second-order valence-corrected chi connectivity index (χ2v) is 3.91. The van der Waals surface area contributed by atoms with Gasteiger partial charge in [-0.15, -0.1) is 0 Å². The van der Waals surface area contributed by atoms with E-state index in [1.54, 1.807) is 0 Å². The van der Waals surface area contributed by atoms with E-state index in [0.717, 1.165) is 9.80 Å². The first-order valence-corrected chi connectivity index (χ1v) is 5.44. The molecule has 0 heterocycles. The molecule has 0 aliphatic carbocycles. The van der Waals surface area contributed by atoms with E-state index >= 15 is 0 Å². The fraction of sp³-hybridized carbons (Fsp3) is 0.600. The maximum atomic E-state index is 10.4. The molecule has 0 bridgehead atoms. The van der Waals surface area contributed by atoms with Crippen LogP contribution >= 0.6 is 0 Å². The topological polar surface area (TPSA) is 167 Å². The SMILES string of the molecule is O=C([O-])CN(CCN(CC(=O)[O-])CC(=O)[O-])CC(=O)[O-].[Ca+2].[Na+]. The molecule has 0 aromatic carbocycles. The van der Waals surface area contributed by atoms with Gasteiger partial charge < -0.3 is 39.6 Å². The molecule has 0 saturated heterocycles. The number of aliphatic carboxylic acids is 4. The molecule has 0 aromatic rings. The van der Waals surface area contributed by atoms with Crippen molar-refractivity contribution in [2.24, 2.45) is 0 Å². The van der Waals surface area contributed by atoms with Gasteiger partial charge in [-0.3, -0.25) is 9.80 Å². The van der Waals surface area contributed by atoms with Crippen molar-refractivity contribution in [3.8, 4) is 0 Å². The minimum atomic E-state index is -1.53. The summed E-state index contributed by atoms with van der Waals surface area (Å²) in [6.07, 6.45) is 0. The van der Waals surface area contributed by atoms with Gasteiger partial charge in [0.15, 0.2) is 0 Å². The molecule has 22 heavy (non-hydrogen) atoms. The van der Waals surface area contributed by atoms with Crippen LogP contribution in [0.3, 0.4) is 0 Å². The van der Waals surface area contributed by atoms with Gasteiger partial charge in [-0.2, -0.15) is 0 Å². The number of carbonyl (C=O) groups is 4. The first-order valence-electron chi connectivity index (χ1n) is 5.44. The average molecular weight is 351 g/mol. The van der Waals surface area contributed by atoms with Gasteiger partial charge in [0.25, 0.3) is 0 Å². The molecular weight excluding hydrogens is 339 g/mol. The van der Waals surface area contributed by atoms with E-state index in [9.17, 15) is 39.6 Å². The van der Waals surface area contributed by atoms with Crippen molar-refractivity contribution in [2.75, 3.05) is 39.3 Å². The molecule has 0 spiro atoms. The summed E-state index contributed by atoms with van der Waals surface area (Å²) in [7, 11) is 0. The molecule has 10 nitrogen and oxygen atoms in total. The summed E-state index contributed by atoms with van der Waals surface area (Å²) < 4.78 is 0. The second-order valence-electron chi connectivity index (χ2n) is 3.91. The van der Waals surface area contributed by atoms with Gasteiger partial charge in [0, 0.05) is 39.3 Å². The smallest absolute Gasteiger partial charge is 0.549 e. The third-order valence-corrected chi connectivity index (χ3v) is 2.14. The summed E-state index contributed by atoms with van der Waals surface area (Å²) in [5.74, 6) is -6.12. The maximum Gasteiger partial charge on any atom is 2.00 e. The maximum absolute atomic E-state index is 10.4. The van der Waals surface area contributed by atoms with Crippen LogP contribution in [0.25, 0.3) is 0 Å². The van der Waals surface area contributed by atoms with Crippen LogP contribution < -0.4 is 50.0 Å². The van der Waals surface area contributed by atoms with Crippen molar-refractivity contribution in [1.82, 2.24) is 9.80 Å². The van der Waals surface area contributed by atoms with Crippen LogP contribution in [0.4, 0.5) is 0 Å². The van der Waals surface area contributed by atoms with Gasteiger partial charge in [-0.1, -0.05) is 0 Å². The number of carbonyl (C=O) groups excluding carboxylic acids is 4. The van der Waals surface area contributed by atoms with E-state index in [1.807, 2.05) is 0 Å². The molecule has 0 atom stereocenters. The Hall–Kier alpha value is 0.0597. The molecule has 0 N–H and O–H groups in total. The van der Waals surface area contributed by atoms with Gasteiger partial charge in [0.2, 0.25) is 0 Å². The summed E-state index contributed by atoms with van der Waals surface area (Å²) in [5.41, 5.74) is 0. The number of nitrogens with zero attached hydrogens (tertiary/aromatic N) is 2. The molecule has 0 radical (unpaired) electrons. The summed E-state index contributed by atoms with van der Waals surface area (Å²) in [6.45, 7) is -3.25. The van der Waals surface area contributed by atoms with Crippen molar-refractivity contribution in [3.63, 3.8) is 0 Å². The average Bonchev–Trinajstić information content (AvgIpc) is 2.22. The normalized spacial score (nSPS) is 9.73. The van der Waals surface area contributed by atoms with Crippen molar-refractivity contribution in [2.45, 2.75) is 0 Å². The summed E-state index contributed by atoms with van der Waals surface area (Å²) in [5, 5.41) is 41.6. The number of hydrogen-bond acceptors (Lipinski definition) is 10. The fourth-order valence-corrected chi connectivity index (χ4v) is 1.44. The van der Waals surface area contributed by atoms with Crippen molar-refractivity contribution >= 4 is 61.6 Å². The summed E-state index contributed by atoms with van der Waals surface area (Å²) in [4.78, 5) is 43.4. The predicted octanol–water partition coefficient (Wildman–Crippen LogP) is -10.8. The Bertz CT molecular complexity index is 327. The van der Waals surface area contributed by atoms with Crippen LogP contribution in [-0.2, 0) is 19.2 Å². The van der Waals surface area contributed by atoms with Gasteiger partial charge in [-0.05, 0) is 0 Å². The van der Waals surface area contributed by atoms with Crippen LogP contribution in [0.1, 0.15) is 0 Å². The number of rotatable bonds is 11. The molecule has 0 fully saturated rings. The molecule has 0 rings (SSSR count). The minimum Gasteiger partial charge on any atom is -0.549 e. The van der Waals surface area contributed by atoms with E-state index < -0.39 is 50.1 Å². The van der Waals surface area contributed by atoms with Gasteiger partial charge in [0.1, 0.15) is 0 Å². The molecule has 0 aromatic heterocycles. The zero-order valence-electron chi connectivity index (χ0n) is 12.1. The molecule has 0 saturated carbocycles. The van der Waals surface area contributed by atoms with Crippen LogP contribution in [-0.4, -0.2) is 111 Å². The van der Waals surface area contributed by atoms with Crippen LogP contribution in [0, 0.1) is 0 Å². The fourth-order valence-electron chi connectivity index (χ4n) is 1.44. The van der Waals surface area contributed by atoms with Gasteiger partial charge >= 0.3 is 67.3 Å². The summed E-state index contributed by atoms with van der Waals surface area (Å²) >= 11 is 0. The Balaban J connectivity index is -0.00000180. The van der Waals surface area contributed by atoms with Crippen LogP contribution in [0.2, 0.25) is 0 Å². The Labute approximate surface area is 178 Å².